The first-order chi connectivity index (χ1) is 19.6. The first-order valence-corrected chi connectivity index (χ1v) is 18.5. The van der Waals surface area contributed by atoms with Gasteiger partial charge >= 0.3 is 42.1 Å². The second kappa shape index (κ2) is 29.8. The van der Waals surface area contributed by atoms with Crippen molar-refractivity contribution >= 4 is 29.1 Å². The molecule has 0 atom stereocenters. The van der Waals surface area contributed by atoms with Crippen molar-refractivity contribution in [2.45, 2.75) is 0 Å². The van der Waals surface area contributed by atoms with Crippen LogP contribution in [-0.2, 0) is 13.0 Å². The molecule has 0 aliphatic heterocycles. The molecular weight excluding hydrogens is 748 g/mol. The van der Waals surface area contributed by atoms with Crippen LogP contribution in [0, 0.1) is 0 Å². The maximum Gasteiger partial charge on any atom is 0.0886 e. The van der Waals surface area contributed by atoms with E-state index in [2.05, 4.69) is 29.9 Å². The van der Waals surface area contributed by atoms with E-state index in [0.717, 1.165) is 34.2 Å². The van der Waals surface area contributed by atoms with Crippen LogP contribution in [0.5, 0.6) is 0 Å². The fourth-order valence-corrected chi connectivity index (χ4v) is 3.09. The molecular formula is C30H36Cl3N6O6Ru. The molecule has 46 heavy (non-hydrogen) atoms. The SMILES string of the molecule is O.O.O.O.O.O.[Cl][Ru]([Cl])[Cl].c1ccc(-c2ccccn2)nc1.c1ccc(-c2ccccn2)nc1.c1ccc(-c2ccccn2)nc1. The average Bonchev–Trinajstić information content (AvgIpc) is 3.04. The van der Waals surface area contributed by atoms with Crippen LogP contribution in [-0.4, -0.2) is 62.8 Å². The summed E-state index contributed by atoms with van der Waals surface area (Å²) >= 11 is -1.75. The molecule has 0 spiro atoms. The predicted molar refractivity (Wildman–Crippen MR) is 182 cm³/mol. The van der Waals surface area contributed by atoms with Crippen molar-refractivity contribution in [2.24, 2.45) is 0 Å². The predicted octanol–water partition coefficient (Wildman–Crippen LogP) is 3.55. The van der Waals surface area contributed by atoms with Gasteiger partial charge in [-0.3, -0.25) is 29.9 Å². The maximum atomic E-state index is 4.95. The van der Waals surface area contributed by atoms with E-state index in [0.29, 0.717) is 0 Å². The molecule has 0 radical (unpaired) electrons. The summed E-state index contributed by atoms with van der Waals surface area (Å²) in [5.74, 6) is 0. The molecule has 0 bridgehead atoms. The summed E-state index contributed by atoms with van der Waals surface area (Å²) in [7, 11) is 14.8. The molecule has 12 nitrogen and oxygen atoms in total. The van der Waals surface area contributed by atoms with Crippen molar-refractivity contribution < 1.29 is 45.8 Å². The van der Waals surface area contributed by atoms with Crippen molar-refractivity contribution in [3.63, 3.8) is 0 Å². The normalized spacial score (nSPS) is 8.54. The van der Waals surface area contributed by atoms with Crippen LogP contribution in [0.3, 0.4) is 0 Å². The van der Waals surface area contributed by atoms with Gasteiger partial charge in [0, 0.05) is 37.2 Å². The van der Waals surface area contributed by atoms with Gasteiger partial charge in [-0.15, -0.1) is 0 Å². The molecule has 0 aromatic carbocycles. The number of nitrogens with zero attached hydrogens (tertiary/aromatic N) is 6. The number of halogens is 3. The molecule has 12 N–H and O–H groups in total. The van der Waals surface area contributed by atoms with Crippen molar-refractivity contribution in [3.05, 3.63) is 146 Å². The number of pyridine rings is 6. The van der Waals surface area contributed by atoms with Gasteiger partial charge in [0.05, 0.1) is 34.2 Å². The zero-order valence-corrected chi connectivity index (χ0v) is 28.0. The molecule has 0 saturated carbocycles. The Hall–Kier alpha value is -3.85. The summed E-state index contributed by atoms with van der Waals surface area (Å²) < 4.78 is 0. The van der Waals surface area contributed by atoms with Gasteiger partial charge in [-0.1, -0.05) is 36.4 Å². The van der Waals surface area contributed by atoms with E-state index in [1.165, 1.54) is 0 Å². The molecule has 0 aliphatic rings. The monoisotopic (exact) mass is 783 g/mol. The van der Waals surface area contributed by atoms with Gasteiger partial charge in [-0.2, -0.15) is 0 Å². The van der Waals surface area contributed by atoms with E-state index >= 15 is 0 Å². The van der Waals surface area contributed by atoms with Crippen molar-refractivity contribution in [2.75, 3.05) is 0 Å². The molecule has 16 heteroatoms. The molecule has 0 unspecified atom stereocenters. The molecule has 6 rings (SSSR count). The Bertz CT molecular complexity index is 1190. The fourth-order valence-electron chi connectivity index (χ4n) is 3.09. The molecule has 0 aliphatic carbocycles. The molecule has 0 amide bonds. The van der Waals surface area contributed by atoms with E-state index in [9.17, 15) is 0 Å². The van der Waals surface area contributed by atoms with Crippen LogP contribution >= 0.6 is 29.1 Å². The topological polar surface area (TPSA) is 266 Å². The average molecular weight is 784 g/mol. The largest absolute Gasteiger partial charge is 0.255 e. The molecule has 251 valence electrons. The Morgan fingerprint density at radius 2 is 0.413 bits per heavy atom. The van der Waals surface area contributed by atoms with Gasteiger partial charge in [0.2, 0.25) is 0 Å². The zero-order chi connectivity index (χ0) is 28.3. The van der Waals surface area contributed by atoms with E-state index in [1.54, 1.807) is 37.2 Å². The molecule has 6 aromatic rings. The van der Waals surface area contributed by atoms with Gasteiger partial charge in [0.25, 0.3) is 0 Å². The summed E-state index contributed by atoms with van der Waals surface area (Å²) in [6.45, 7) is 0. The molecule has 6 aromatic heterocycles. The first kappa shape index (κ1) is 49.0. The molecule has 0 fully saturated rings. The van der Waals surface area contributed by atoms with E-state index in [4.69, 9.17) is 29.1 Å². The van der Waals surface area contributed by atoms with Crippen molar-refractivity contribution in [3.8, 4) is 34.2 Å². The van der Waals surface area contributed by atoms with Crippen LogP contribution in [0.2, 0.25) is 0 Å². The number of hydrogen-bond donors (Lipinski definition) is 0. The summed E-state index contributed by atoms with van der Waals surface area (Å²) in [4.78, 5) is 25.1. The van der Waals surface area contributed by atoms with Crippen LogP contribution in [0.1, 0.15) is 0 Å². The Morgan fingerprint density at radius 1 is 0.283 bits per heavy atom. The van der Waals surface area contributed by atoms with Crippen LogP contribution < -0.4 is 0 Å². The Labute approximate surface area is 284 Å². The molecule has 6 heterocycles. The van der Waals surface area contributed by atoms with E-state index in [1.807, 2.05) is 109 Å². The van der Waals surface area contributed by atoms with Gasteiger partial charge in [0.1, 0.15) is 0 Å². The van der Waals surface area contributed by atoms with Crippen LogP contribution in [0.4, 0.5) is 0 Å². The summed E-state index contributed by atoms with van der Waals surface area (Å²) in [6.07, 6.45) is 10.6. The number of aromatic nitrogens is 6. The number of rotatable bonds is 3. The van der Waals surface area contributed by atoms with Crippen LogP contribution in [0.25, 0.3) is 34.2 Å². The minimum Gasteiger partial charge on any atom is -0.255 e. The van der Waals surface area contributed by atoms with Crippen molar-refractivity contribution in [1.29, 1.82) is 0 Å². The third kappa shape index (κ3) is 19.5. The number of hydrogen-bond acceptors (Lipinski definition) is 6. The van der Waals surface area contributed by atoms with Gasteiger partial charge < -0.3 is 32.9 Å². The fraction of sp³-hybridized carbons (Fsp3) is 0. The molecule has 0 saturated heterocycles. The Balaban J connectivity index is -0.000000256. The second-order valence-corrected chi connectivity index (χ2v) is 15.4. The Kier molecular flexibility index (Phi) is 31.8. The quantitative estimate of drug-likeness (QED) is 0.242. The van der Waals surface area contributed by atoms with Crippen molar-refractivity contribution in [1.82, 2.24) is 29.9 Å². The minimum atomic E-state index is -1.75. The summed E-state index contributed by atoms with van der Waals surface area (Å²) in [5.41, 5.74) is 5.49. The van der Waals surface area contributed by atoms with Gasteiger partial charge in [-0.25, -0.2) is 0 Å². The zero-order valence-electron chi connectivity index (χ0n) is 24.0. The van der Waals surface area contributed by atoms with Gasteiger partial charge in [0.15, 0.2) is 0 Å². The van der Waals surface area contributed by atoms with Crippen LogP contribution in [0.15, 0.2) is 146 Å². The van der Waals surface area contributed by atoms with E-state index in [-0.39, 0.29) is 32.9 Å². The van der Waals surface area contributed by atoms with E-state index < -0.39 is 13.0 Å². The minimum absolute atomic E-state index is 0. The third-order valence-corrected chi connectivity index (χ3v) is 4.78. The third-order valence-electron chi connectivity index (χ3n) is 4.78. The Morgan fingerprint density at radius 3 is 0.500 bits per heavy atom. The maximum absolute atomic E-state index is 4.95. The second-order valence-electron chi connectivity index (χ2n) is 7.44. The standard InChI is InChI=1S/3C10H8N2.3ClH.6H2O.Ru/c3*1-3-7-11-9(5-1)10-6-2-4-8-12-10;;;;;;;;;;/h3*1-8H;3*1H;6*1H2;/q;;;;;;;;;;;;+3/p-3. The smallest absolute Gasteiger partial charge is 0.0886 e. The van der Waals surface area contributed by atoms with Gasteiger partial charge in [-0.05, 0) is 72.8 Å². The first-order valence-electron chi connectivity index (χ1n) is 11.8. The summed E-state index contributed by atoms with van der Waals surface area (Å²) in [6, 6.07) is 34.8. The summed E-state index contributed by atoms with van der Waals surface area (Å²) in [5, 5.41) is 0.